The Hall–Kier alpha value is -1.63. The van der Waals surface area contributed by atoms with Gasteiger partial charge in [-0.05, 0) is 30.5 Å². The molecule has 1 N–H and O–H groups in total. The zero-order valence-corrected chi connectivity index (χ0v) is 17.5. The van der Waals surface area contributed by atoms with E-state index in [2.05, 4.69) is 35.9 Å². The van der Waals surface area contributed by atoms with Gasteiger partial charge < -0.3 is 15.0 Å². The smallest absolute Gasteiger partial charge is 0.321 e. The highest BCUT2D eigenvalue weighted by molar-refractivity contribution is 5.89. The largest absolute Gasteiger partial charge is 0.378 e. The van der Waals surface area contributed by atoms with E-state index in [9.17, 15) is 4.79 Å². The Morgan fingerprint density at radius 2 is 1.96 bits per heavy atom. The van der Waals surface area contributed by atoms with Gasteiger partial charge in [0.05, 0.1) is 24.8 Å². The predicted molar refractivity (Wildman–Crippen MR) is 112 cm³/mol. The van der Waals surface area contributed by atoms with Gasteiger partial charge in [-0.15, -0.1) is 0 Å². The van der Waals surface area contributed by atoms with Crippen molar-refractivity contribution in [3.63, 3.8) is 0 Å². The monoisotopic (exact) mass is 386 g/mol. The summed E-state index contributed by atoms with van der Waals surface area (Å²) < 4.78 is 5.75. The maximum absolute atomic E-state index is 13.0. The summed E-state index contributed by atoms with van der Waals surface area (Å²) in [6, 6.07) is 10.0. The van der Waals surface area contributed by atoms with Crippen LogP contribution in [0.2, 0.25) is 0 Å². The molecule has 3 saturated heterocycles. The molecule has 3 aliphatic rings. The van der Waals surface area contributed by atoms with Crippen LogP contribution in [0, 0.1) is 5.41 Å². The standard InChI is InChI=1S/C22H34N4O2/c1-21(2,3)9-10-24-15-22(16-24)17-25(13-19-14-28-12-11-26(19)22)20(27)23-18-7-5-4-6-8-18/h4-8,19H,9-17H2,1-3H3,(H,23,27). The van der Waals surface area contributed by atoms with Gasteiger partial charge in [0.2, 0.25) is 0 Å². The number of carbonyl (C=O) groups is 1. The molecule has 2 amide bonds. The molecule has 6 nitrogen and oxygen atoms in total. The van der Waals surface area contributed by atoms with Gasteiger partial charge in [-0.25, -0.2) is 4.79 Å². The van der Waals surface area contributed by atoms with Crippen molar-refractivity contribution in [2.45, 2.75) is 38.8 Å². The zero-order valence-electron chi connectivity index (χ0n) is 17.5. The third-order valence-electron chi connectivity index (χ3n) is 6.28. The van der Waals surface area contributed by atoms with Crippen molar-refractivity contribution in [3.8, 4) is 0 Å². The second kappa shape index (κ2) is 7.65. The fourth-order valence-corrected chi connectivity index (χ4v) is 4.79. The van der Waals surface area contributed by atoms with E-state index in [-0.39, 0.29) is 11.6 Å². The molecule has 3 fully saturated rings. The SMILES string of the molecule is CC(C)(C)CCN1CC2(C1)CN(C(=O)Nc1ccccc1)CC1COCCN12. The Bertz CT molecular complexity index is 682. The van der Waals surface area contributed by atoms with E-state index in [0.717, 1.165) is 58.2 Å². The summed E-state index contributed by atoms with van der Waals surface area (Å²) in [5.41, 5.74) is 1.29. The molecule has 4 rings (SSSR count). The minimum absolute atomic E-state index is 0.00365. The van der Waals surface area contributed by atoms with Gasteiger partial charge in [0.1, 0.15) is 0 Å². The summed E-state index contributed by atoms with van der Waals surface area (Å²) in [6.45, 7) is 14.2. The normalized spacial score (nSPS) is 25.2. The van der Waals surface area contributed by atoms with Gasteiger partial charge in [0.25, 0.3) is 0 Å². The lowest BCUT2D eigenvalue weighted by Gasteiger charge is -2.63. The third kappa shape index (κ3) is 4.19. The molecule has 28 heavy (non-hydrogen) atoms. The van der Waals surface area contributed by atoms with Crippen molar-refractivity contribution < 1.29 is 9.53 Å². The van der Waals surface area contributed by atoms with Crippen LogP contribution in [-0.4, -0.2) is 84.8 Å². The molecule has 6 heteroatoms. The molecule has 1 aromatic carbocycles. The van der Waals surface area contributed by atoms with Crippen LogP contribution >= 0.6 is 0 Å². The van der Waals surface area contributed by atoms with E-state index >= 15 is 0 Å². The van der Waals surface area contributed by atoms with Crippen molar-refractivity contribution in [1.29, 1.82) is 0 Å². The number of hydrogen-bond acceptors (Lipinski definition) is 4. The maximum Gasteiger partial charge on any atom is 0.321 e. The van der Waals surface area contributed by atoms with E-state index in [4.69, 9.17) is 4.74 Å². The summed E-state index contributed by atoms with van der Waals surface area (Å²) in [5.74, 6) is 0. The summed E-state index contributed by atoms with van der Waals surface area (Å²) in [7, 11) is 0. The predicted octanol–water partition coefficient (Wildman–Crippen LogP) is 2.73. The summed E-state index contributed by atoms with van der Waals surface area (Å²) in [4.78, 5) is 20.1. The van der Waals surface area contributed by atoms with Crippen LogP contribution in [-0.2, 0) is 4.74 Å². The molecule has 0 aliphatic carbocycles. The van der Waals surface area contributed by atoms with E-state index in [0.29, 0.717) is 11.5 Å². The molecule has 154 valence electrons. The Balaban J connectivity index is 1.43. The molecule has 1 unspecified atom stereocenters. The Kier molecular flexibility index (Phi) is 5.38. The summed E-state index contributed by atoms with van der Waals surface area (Å²) in [6.07, 6.45) is 1.20. The van der Waals surface area contributed by atoms with Crippen LogP contribution in [0.4, 0.5) is 10.5 Å². The minimum atomic E-state index is 0.00365. The highest BCUT2D eigenvalue weighted by Gasteiger charge is 2.54. The number of hydrogen-bond donors (Lipinski definition) is 1. The number of amides is 2. The van der Waals surface area contributed by atoms with Gasteiger partial charge in [0.15, 0.2) is 0 Å². The van der Waals surface area contributed by atoms with Gasteiger partial charge in [-0.2, -0.15) is 0 Å². The Morgan fingerprint density at radius 1 is 1.21 bits per heavy atom. The molecule has 1 spiro atoms. The molecule has 1 atom stereocenters. The van der Waals surface area contributed by atoms with Crippen LogP contribution < -0.4 is 5.32 Å². The number of fused-ring (bicyclic) bond motifs is 2. The fraction of sp³-hybridized carbons (Fsp3) is 0.682. The van der Waals surface area contributed by atoms with Crippen LogP contribution in [0.25, 0.3) is 0 Å². The molecule has 3 aliphatic heterocycles. The number of urea groups is 1. The number of nitrogens with one attached hydrogen (secondary N) is 1. The van der Waals surface area contributed by atoms with E-state index in [1.165, 1.54) is 6.42 Å². The van der Waals surface area contributed by atoms with Crippen LogP contribution in [0.1, 0.15) is 27.2 Å². The topological polar surface area (TPSA) is 48.1 Å². The number of piperazine rings is 1. The van der Waals surface area contributed by atoms with E-state index in [1.54, 1.807) is 0 Å². The summed E-state index contributed by atoms with van der Waals surface area (Å²) >= 11 is 0. The van der Waals surface area contributed by atoms with E-state index < -0.39 is 0 Å². The van der Waals surface area contributed by atoms with Crippen molar-refractivity contribution in [2.24, 2.45) is 5.41 Å². The number of ether oxygens (including phenoxy) is 1. The molecule has 0 saturated carbocycles. The van der Waals surface area contributed by atoms with Gasteiger partial charge in [0, 0.05) is 38.4 Å². The number of benzene rings is 1. The second-order valence-electron chi connectivity index (χ2n) is 9.84. The average Bonchev–Trinajstić information content (AvgIpc) is 2.64. The highest BCUT2D eigenvalue weighted by Crippen LogP contribution is 2.36. The van der Waals surface area contributed by atoms with E-state index in [1.807, 2.05) is 35.2 Å². The first kappa shape index (κ1) is 19.7. The molecule has 3 heterocycles. The summed E-state index contributed by atoms with van der Waals surface area (Å²) in [5, 5.41) is 3.06. The van der Waals surface area contributed by atoms with Crippen molar-refractivity contribution in [2.75, 3.05) is 57.8 Å². The Morgan fingerprint density at radius 3 is 2.68 bits per heavy atom. The molecule has 1 aromatic rings. The first-order valence-corrected chi connectivity index (χ1v) is 10.5. The maximum atomic E-state index is 13.0. The second-order valence-corrected chi connectivity index (χ2v) is 9.84. The molecule has 0 bridgehead atoms. The average molecular weight is 387 g/mol. The van der Waals surface area contributed by atoms with Crippen LogP contribution in [0.15, 0.2) is 30.3 Å². The molecular weight excluding hydrogens is 352 g/mol. The van der Waals surface area contributed by atoms with Crippen LogP contribution in [0.3, 0.4) is 0 Å². The zero-order chi connectivity index (χ0) is 19.8. The van der Waals surface area contributed by atoms with Crippen molar-refractivity contribution >= 4 is 11.7 Å². The lowest BCUT2D eigenvalue weighted by molar-refractivity contribution is -0.157. The number of para-hydroxylation sites is 1. The fourth-order valence-electron chi connectivity index (χ4n) is 4.79. The first-order chi connectivity index (χ1) is 13.3. The lowest BCUT2D eigenvalue weighted by Crippen LogP contribution is -2.81. The number of likely N-dealkylation sites (tertiary alicyclic amines) is 1. The van der Waals surface area contributed by atoms with Crippen molar-refractivity contribution in [1.82, 2.24) is 14.7 Å². The third-order valence-corrected chi connectivity index (χ3v) is 6.28. The Labute approximate surface area is 168 Å². The number of rotatable bonds is 3. The van der Waals surface area contributed by atoms with Gasteiger partial charge in [-0.1, -0.05) is 39.0 Å². The van der Waals surface area contributed by atoms with Crippen molar-refractivity contribution in [3.05, 3.63) is 30.3 Å². The lowest BCUT2D eigenvalue weighted by atomic mass is 9.81. The number of nitrogens with zero attached hydrogens (tertiary/aromatic N) is 3. The van der Waals surface area contributed by atoms with Gasteiger partial charge >= 0.3 is 6.03 Å². The number of morpholine rings is 1. The minimum Gasteiger partial charge on any atom is -0.378 e. The highest BCUT2D eigenvalue weighted by atomic mass is 16.5. The molecular formula is C22H34N4O2. The number of carbonyl (C=O) groups excluding carboxylic acids is 1. The number of anilines is 1. The molecule has 0 aromatic heterocycles. The van der Waals surface area contributed by atoms with Gasteiger partial charge in [-0.3, -0.25) is 9.80 Å². The van der Waals surface area contributed by atoms with Crippen LogP contribution in [0.5, 0.6) is 0 Å². The first-order valence-electron chi connectivity index (χ1n) is 10.5. The quantitative estimate of drug-likeness (QED) is 0.868. The molecule has 0 radical (unpaired) electrons.